The minimum absolute atomic E-state index is 0.119. The summed E-state index contributed by atoms with van der Waals surface area (Å²) in [5.74, 6) is 1.82. The highest BCUT2D eigenvalue weighted by molar-refractivity contribution is 5.88. The van der Waals surface area contributed by atoms with Crippen molar-refractivity contribution < 1.29 is 9.53 Å². The standard InChI is InChI=1S/C20H25N7O2/c1-25-19(11-17(24-25)16-3-2-10-29-14-16)23-20(28)27-8-6-26(7-9-27)18-5-4-15(12-21)13-22-18/h4-5,11,13,16H,2-3,6-10,14H2,1H3,(H,23,28). The first-order valence-corrected chi connectivity index (χ1v) is 9.93. The highest BCUT2D eigenvalue weighted by Gasteiger charge is 2.24. The van der Waals surface area contributed by atoms with Gasteiger partial charge in [-0.1, -0.05) is 0 Å². The van der Waals surface area contributed by atoms with E-state index >= 15 is 0 Å². The average Bonchev–Trinajstić information content (AvgIpc) is 3.14. The van der Waals surface area contributed by atoms with Gasteiger partial charge >= 0.3 is 6.03 Å². The molecule has 4 rings (SSSR count). The molecule has 2 aliphatic heterocycles. The lowest BCUT2D eigenvalue weighted by Crippen LogP contribution is -2.50. The average molecular weight is 395 g/mol. The van der Waals surface area contributed by atoms with Crippen LogP contribution in [-0.2, 0) is 11.8 Å². The summed E-state index contributed by atoms with van der Waals surface area (Å²) in [6.07, 6.45) is 3.68. The van der Waals surface area contributed by atoms with E-state index in [1.807, 2.05) is 19.2 Å². The van der Waals surface area contributed by atoms with Crippen LogP contribution >= 0.6 is 0 Å². The molecule has 0 aromatic carbocycles. The third-order valence-electron chi connectivity index (χ3n) is 5.48. The van der Waals surface area contributed by atoms with Gasteiger partial charge in [-0.05, 0) is 25.0 Å². The molecule has 2 aliphatic rings. The van der Waals surface area contributed by atoms with Gasteiger partial charge in [0.2, 0.25) is 0 Å². The normalized spacial score (nSPS) is 19.7. The van der Waals surface area contributed by atoms with Crippen molar-refractivity contribution in [2.75, 3.05) is 49.6 Å². The molecule has 0 aliphatic carbocycles. The second-order valence-corrected chi connectivity index (χ2v) is 7.41. The molecular formula is C20H25N7O2. The second kappa shape index (κ2) is 8.49. The topological polar surface area (TPSA) is 99.3 Å². The Balaban J connectivity index is 1.33. The van der Waals surface area contributed by atoms with E-state index in [1.54, 1.807) is 21.8 Å². The van der Waals surface area contributed by atoms with Crippen molar-refractivity contribution in [1.29, 1.82) is 5.26 Å². The molecular weight excluding hydrogens is 370 g/mol. The maximum absolute atomic E-state index is 12.7. The van der Waals surface area contributed by atoms with Crippen molar-refractivity contribution in [1.82, 2.24) is 19.7 Å². The van der Waals surface area contributed by atoms with Gasteiger partial charge < -0.3 is 14.5 Å². The van der Waals surface area contributed by atoms with E-state index in [1.165, 1.54) is 0 Å². The van der Waals surface area contributed by atoms with Crippen LogP contribution in [0.2, 0.25) is 0 Å². The quantitative estimate of drug-likeness (QED) is 0.853. The minimum Gasteiger partial charge on any atom is -0.381 e. The first-order chi connectivity index (χ1) is 14.1. The Labute approximate surface area is 169 Å². The number of amides is 2. The molecule has 9 heteroatoms. The molecule has 2 amide bonds. The van der Waals surface area contributed by atoms with Crippen LogP contribution in [0.1, 0.15) is 30.0 Å². The smallest absolute Gasteiger partial charge is 0.323 e. The number of hydrogen-bond acceptors (Lipinski definition) is 6. The van der Waals surface area contributed by atoms with E-state index in [9.17, 15) is 4.79 Å². The Morgan fingerprint density at radius 3 is 2.79 bits per heavy atom. The monoisotopic (exact) mass is 395 g/mol. The van der Waals surface area contributed by atoms with Crippen LogP contribution in [0, 0.1) is 11.3 Å². The summed E-state index contributed by atoms with van der Waals surface area (Å²) in [4.78, 5) is 21.0. The van der Waals surface area contributed by atoms with E-state index < -0.39 is 0 Å². The highest BCUT2D eigenvalue weighted by atomic mass is 16.5. The van der Waals surface area contributed by atoms with Crippen molar-refractivity contribution in [3.05, 3.63) is 35.7 Å². The van der Waals surface area contributed by atoms with Crippen LogP contribution in [0.3, 0.4) is 0 Å². The fourth-order valence-corrected chi connectivity index (χ4v) is 3.75. The minimum atomic E-state index is -0.119. The lowest BCUT2D eigenvalue weighted by Gasteiger charge is -2.35. The lowest BCUT2D eigenvalue weighted by molar-refractivity contribution is 0.0791. The number of carbonyl (C=O) groups is 1. The zero-order valence-electron chi connectivity index (χ0n) is 16.5. The molecule has 9 nitrogen and oxygen atoms in total. The Kier molecular flexibility index (Phi) is 5.62. The number of aromatic nitrogens is 3. The van der Waals surface area contributed by atoms with Gasteiger partial charge in [-0.25, -0.2) is 9.78 Å². The van der Waals surface area contributed by atoms with Gasteiger partial charge in [-0.3, -0.25) is 10.00 Å². The van der Waals surface area contributed by atoms with Gasteiger partial charge in [-0.2, -0.15) is 10.4 Å². The Bertz CT molecular complexity index is 889. The second-order valence-electron chi connectivity index (χ2n) is 7.41. The molecule has 2 aromatic rings. The number of anilines is 2. The number of ether oxygens (including phenoxy) is 1. The number of piperazine rings is 1. The number of nitrogens with zero attached hydrogens (tertiary/aromatic N) is 6. The number of urea groups is 1. The molecule has 1 N–H and O–H groups in total. The van der Waals surface area contributed by atoms with Crippen LogP contribution in [0.25, 0.3) is 0 Å². The van der Waals surface area contributed by atoms with Crippen LogP contribution in [0.5, 0.6) is 0 Å². The fourth-order valence-electron chi connectivity index (χ4n) is 3.75. The molecule has 0 saturated carbocycles. The molecule has 1 atom stereocenters. The summed E-state index contributed by atoms with van der Waals surface area (Å²) < 4.78 is 7.27. The van der Waals surface area contributed by atoms with Crippen molar-refractivity contribution in [3.8, 4) is 6.07 Å². The third kappa shape index (κ3) is 4.32. The fraction of sp³-hybridized carbons (Fsp3) is 0.500. The van der Waals surface area contributed by atoms with Gasteiger partial charge in [0.1, 0.15) is 17.7 Å². The highest BCUT2D eigenvalue weighted by Crippen LogP contribution is 2.26. The van der Waals surface area contributed by atoms with Gasteiger partial charge in [-0.15, -0.1) is 0 Å². The zero-order valence-corrected chi connectivity index (χ0v) is 16.5. The molecule has 2 aromatic heterocycles. The number of hydrogen-bond donors (Lipinski definition) is 1. The van der Waals surface area contributed by atoms with Crippen molar-refractivity contribution in [3.63, 3.8) is 0 Å². The predicted molar refractivity (Wildman–Crippen MR) is 108 cm³/mol. The summed E-state index contributed by atoms with van der Waals surface area (Å²) in [6, 6.07) is 7.52. The van der Waals surface area contributed by atoms with Crippen LogP contribution in [0.4, 0.5) is 16.4 Å². The summed E-state index contributed by atoms with van der Waals surface area (Å²) >= 11 is 0. The summed E-state index contributed by atoms with van der Waals surface area (Å²) in [5, 5.41) is 16.4. The number of aryl methyl sites for hydroxylation is 1. The molecule has 2 fully saturated rings. The number of nitrogens with one attached hydrogen (secondary N) is 1. The van der Waals surface area contributed by atoms with E-state index in [4.69, 9.17) is 10.00 Å². The number of carbonyl (C=O) groups excluding carboxylic acids is 1. The maximum Gasteiger partial charge on any atom is 0.323 e. The van der Waals surface area contributed by atoms with Crippen molar-refractivity contribution in [2.45, 2.75) is 18.8 Å². The summed E-state index contributed by atoms with van der Waals surface area (Å²) in [5.41, 5.74) is 1.52. The number of pyridine rings is 1. The molecule has 0 spiro atoms. The lowest BCUT2D eigenvalue weighted by atomic mass is 9.99. The predicted octanol–water partition coefficient (Wildman–Crippen LogP) is 1.93. The molecule has 2 saturated heterocycles. The first-order valence-electron chi connectivity index (χ1n) is 9.93. The van der Waals surface area contributed by atoms with E-state index in [0.717, 1.165) is 31.0 Å². The van der Waals surface area contributed by atoms with Gasteiger partial charge in [0.05, 0.1) is 17.9 Å². The molecule has 0 bridgehead atoms. The third-order valence-corrected chi connectivity index (χ3v) is 5.48. The molecule has 152 valence electrons. The van der Waals surface area contributed by atoms with Crippen LogP contribution in [-0.4, -0.2) is 65.1 Å². The SMILES string of the molecule is Cn1nc(C2CCCOC2)cc1NC(=O)N1CCN(c2ccc(C#N)cn2)CC1. The first kappa shape index (κ1) is 19.2. The van der Waals surface area contributed by atoms with Gasteiger partial charge in [0, 0.05) is 58.0 Å². The maximum atomic E-state index is 12.7. The van der Waals surface area contributed by atoms with E-state index in [0.29, 0.717) is 50.1 Å². The van der Waals surface area contributed by atoms with Crippen molar-refractivity contribution in [2.24, 2.45) is 7.05 Å². The van der Waals surface area contributed by atoms with E-state index in [-0.39, 0.29) is 6.03 Å². The number of nitriles is 1. The molecule has 29 heavy (non-hydrogen) atoms. The molecule has 1 unspecified atom stereocenters. The Hall–Kier alpha value is -3.12. The van der Waals surface area contributed by atoms with E-state index in [2.05, 4.69) is 26.4 Å². The summed E-state index contributed by atoms with van der Waals surface area (Å²) in [7, 11) is 1.84. The largest absolute Gasteiger partial charge is 0.381 e. The van der Waals surface area contributed by atoms with Gasteiger partial charge in [0.15, 0.2) is 0 Å². The summed E-state index contributed by atoms with van der Waals surface area (Å²) in [6.45, 7) is 4.11. The Morgan fingerprint density at radius 2 is 2.14 bits per heavy atom. The Morgan fingerprint density at radius 1 is 1.31 bits per heavy atom. The molecule has 4 heterocycles. The zero-order chi connectivity index (χ0) is 20.2. The van der Waals surface area contributed by atoms with Gasteiger partial charge in [0.25, 0.3) is 0 Å². The van der Waals surface area contributed by atoms with Crippen LogP contribution < -0.4 is 10.2 Å². The van der Waals surface area contributed by atoms with Crippen molar-refractivity contribution >= 4 is 17.7 Å². The number of rotatable bonds is 3. The van der Waals surface area contributed by atoms with Crippen LogP contribution in [0.15, 0.2) is 24.4 Å². The molecule has 0 radical (unpaired) electrons.